The zero-order valence-corrected chi connectivity index (χ0v) is 16.1. The van der Waals surface area contributed by atoms with Crippen LogP contribution in [0.3, 0.4) is 0 Å². The van der Waals surface area contributed by atoms with Crippen LogP contribution < -0.4 is 0 Å². The second-order valence-electron chi connectivity index (χ2n) is 8.32. The summed E-state index contributed by atoms with van der Waals surface area (Å²) in [7, 11) is 0. The number of rotatable bonds is 3. The number of hydrazone groups is 1. The number of halogens is 3. The van der Waals surface area contributed by atoms with Gasteiger partial charge in [0.1, 0.15) is 5.75 Å². The zero-order chi connectivity index (χ0) is 20.9. The third-order valence-electron chi connectivity index (χ3n) is 6.47. The van der Waals surface area contributed by atoms with E-state index in [1.165, 1.54) is 24.3 Å². The highest BCUT2D eigenvalue weighted by Crippen LogP contribution is 2.52. The molecule has 3 atom stereocenters. The summed E-state index contributed by atoms with van der Waals surface area (Å²) in [6.45, 7) is 6.00. The first kappa shape index (κ1) is 20.6. The summed E-state index contributed by atoms with van der Waals surface area (Å²) in [5.74, 6) is -2.98. The van der Waals surface area contributed by atoms with Crippen molar-refractivity contribution in [1.29, 1.82) is 0 Å². The molecule has 2 N–H and O–H groups in total. The number of benzene rings is 1. The van der Waals surface area contributed by atoms with Crippen LogP contribution in [0.4, 0.5) is 13.2 Å². The molecule has 1 aliphatic carbocycles. The molecule has 0 bridgehead atoms. The fraction of sp³-hybridized carbons (Fsp3) is 0.600. The summed E-state index contributed by atoms with van der Waals surface area (Å²) in [5, 5.41) is 24.8. The molecule has 0 unspecified atom stereocenters. The monoisotopic (exact) mass is 398 g/mol. The molecule has 1 fully saturated rings. The van der Waals surface area contributed by atoms with Crippen molar-refractivity contribution in [2.75, 3.05) is 0 Å². The van der Waals surface area contributed by atoms with Crippen LogP contribution in [0.5, 0.6) is 5.75 Å². The quantitative estimate of drug-likeness (QED) is 0.797. The van der Waals surface area contributed by atoms with Crippen LogP contribution in [0.15, 0.2) is 29.4 Å². The number of fused-ring (bicyclic) bond motifs is 1. The topological polar surface area (TPSA) is 73.1 Å². The van der Waals surface area contributed by atoms with Crippen molar-refractivity contribution < 1.29 is 28.2 Å². The standard InChI is InChI=1S/C20H25F3N2O3/c1-4-18(2,3)12-9-10-15-14(11-12)19(28,20(21,22)23)25(24-15)17(27)13-7-5-6-8-16(13)26/h5-8,12,14,26,28H,4,9-11H2,1-3H3/t12-,14-,19-/m1/s1. The number of carbonyl (C=O) groups excluding carboxylic acids is 1. The molecule has 2 aliphatic rings. The molecule has 28 heavy (non-hydrogen) atoms. The lowest BCUT2D eigenvalue weighted by Crippen LogP contribution is -2.62. The van der Waals surface area contributed by atoms with Gasteiger partial charge < -0.3 is 10.2 Å². The minimum Gasteiger partial charge on any atom is -0.507 e. The molecule has 0 saturated heterocycles. The zero-order valence-electron chi connectivity index (χ0n) is 16.1. The van der Waals surface area contributed by atoms with E-state index in [0.29, 0.717) is 12.8 Å². The summed E-state index contributed by atoms with van der Waals surface area (Å²) < 4.78 is 42.2. The predicted octanol–water partition coefficient (Wildman–Crippen LogP) is 4.31. The number of phenols is 1. The van der Waals surface area contributed by atoms with E-state index in [1.54, 1.807) is 0 Å². The van der Waals surface area contributed by atoms with Crippen molar-refractivity contribution in [3.05, 3.63) is 29.8 Å². The lowest BCUT2D eigenvalue weighted by molar-refractivity contribution is -0.314. The van der Waals surface area contributed by atoms with Crippen molar-refractivity contribution in [3.63, 3.8) is 0 Å². The van der Waals surface area contributed by atoms with Gasteiger partial charge >= 0.3 is 6.18 Å². The molecule has 1 heterocycles. The minimum absolute atomic E-state index is 0.0319. The van der Waals surface area contributed by atoms with Crippen LogP contribution in [-0.4, -0.2) is 38.7 Å². The first-order valence-corrected chi connectivity index (χ1v) is 9.42. The third kappa shape index (κ3) is 3.07. The van der Waals surface area contributed by atoms with Gasteiger partial charge in [0.05, 0.1) is 11.5 Å². The van der Waals surface area contributed by atoms with Crippen molar-refractivity contribution in [2.24, 2.45) is 22.4 Å². The van der Waals surface area contributed by atoms with Crippen molar-refractivity contribution >= 4 is 11.6 Å². The second-order valence-corrected chi connectivity index (χ2v) is 8.32. The van der Waals surface area contributed by atoms with Gasteiger partial charge in [-0.2, -0.15) is 23.3 Å². The number of phenolic OH excluding ortho intramolecular Hbond substituents is 1. The average molecular weight is 398 g/mol. The van der Waals surface area contributed by atoms with Gasteiger partial charge in [0, 0.05) is 5.71 Å². The van der Waals surface area contributed by atoms with E-state index < -0.39 is 29.5 Å². The molecule has 5 nitrogen and oxygen atoms in total. The molecular formula is C20H25F3N2O3. The Morgan fingerprint density at radius 2 is 1.96 bits per heavy atom. The minimum atomic E-state index is -5.10. The molecule has 0 aromatic heterocycles. The number of amides is 1. The predicted molar refractivity (Wildman–Crippen MR) is 97.6 cm³/mol. The van der Waals surface area contributed by atoms with Gasteiger partial charge in [0.2, 0.25) is 0 Å². The molecule has 1 aliphatic heterocycles. The molecule has 0 spiro atoms. The number of aliphatic hydroxyl groups is 1. The van der Waals surface area contributed by atoms with Gasteiger partial charge in [-0.25, -0.2) is 0 Å². The van der Waals surface area contributed by atoms with Crippen LogP contribution in [0.25, 0.3) is 0 Å². The summed E-state index contributed by atoms with van der Waals surface area (Å²) in [6.07, 6.45) is -3.26. The van der Waals surface area contributed by atoms with Gasteiger partial charge in [-0.05, 0) is 42.7 Å². The van der Waals surface area contributed by atoms with Crippen molar-refractivity contribution in [1.82, 2.24) is 5.01 Å². The number of hydrogen-bond donors (Lipinski definition) is 2. The Labute approximate surface area is 161 Å². The number of aromatic hydroxyl groups is 1. The van der Waals surface area contributed by atoms with Crippen LogP contribution in [0, 0.1) is 17.3 Å². The van der Waals surface area contributed by atoms with Crippen LogP contribution in [-0.2, 0) is 0 Å². The fourth-order valence-electron chi connectivity index (χ4n) is 4.19. The Morgan fingerprint density at radius 3 is 2.54 bits per heavy atom. The maximum Gasteiger partial charge on any atom is 0.439 e. The summed E-state index contributed by atoms with van der Waals surface area (Å²) in [6, 6.07) is 5.29. The molecule has 1 aromatic rings. The van der Waals surface area contributed by atoms with E-state index in [0.717, 1.165) is 6.42 Å². The first-order chi connectivity index (χ1) is 12.9. The van der Waals surface area contributed by atoms with E-state index in [-0.39, 0.29) is 34.0 Å². The molecule has 1 saturated carbocycles. The third-order valence-corrected chi connectivity index (χ3v) is 6.47. The van der Waals surface area contributed by atoms with E-state index in [4.69, 9.17) is 0 Å². The van der Waals surface area contributed by atoms with Gasteiger partial charge in [-0.3, -0.25) is 4.79 Å². The Morgan fingerprint density at radius 1 is 1.32 bits per heavy atom. The number of hydrogen-bond acceptors (Lipinski definition) is 4. The molecule has 0 radical (unpaired) electrons. The number of para-hydroxylation sites is 1. The number of carbonyl (C=O) groups is 1. The lowest BCUT2D eigenvalue weighted by Gasteiger charge is -2.43. The molecule has 1 aromatic carbocycles. The number of alkyl halides is 3. The molecular weight excluding hydrogens is 373 g/mol. The van der Waals surface area contributed by atoms with E-state index in [1.807, 2.05) is 20.8 Å². The summed E-state index contributed by atoms with van der Waals surface area (Å²) in [5.41, 5.74) is -3.76. The largest absolute Gasteiger partial charge is 0.507 e. The van der Waals surface area contributed by atoms with E-state index in [2.05, 4.69) is 5.10 Å². The average Bonchev–Trinajstić information content (AvgIpc) is 2.95. The highest BCUT2D eigenvalue weighted by molar-refractivity contribution is 6.01. The SMILES string of the molecule is CCC(C)(C)[C@@H]1CCC2=NN(C(=O)c3ccccc3O)[C@](O)(C(F)(F)F)[C@@H]2C1. The van der Waals surface area contributed by atoms with Gasteiger partial charge in [-0.1, -0.05) is 39.3 Å². The van der Waals surface area contributed by atoms with Crippen LogP contribution in [0.1, 0.15) is 56.8 Å². The van der Waals surface area contributed by atoms with E-state index in [9.17, 15) is 28.2 Å². The Bertz CT molecular complexity index is 806. The molecule has 3 rings (SSSR count). The fourth-order valence-corrected chi connectivity index (χ4v) is 4.19. The van der Waals surface area contributed by atoms with Crippen LogP contribution in [0.2, 0.25) is 0 Å². The normalized spacial score (nSPS) is 28.1. The highest BCUT2D eigenvalue weighted by Gasteiger charge is 2.69. The highest BCUT2D eigenvalue weighted by atomic mass is 19.4. The Hall–Kier alpha value is -2.09. The lowest BCUT2D eigenvalue weighted by atomic mass is 9.64. The van der Waals surface area contributed by atoms with Gasteiger partial charge in [0.15, 0.2) is 0 Å². The Balaban J connectivity index is 2.03. The van der Waals surface area contributed by atoms with E-state index >= 15 is 0 Å². The maximum atomic E-state index is 14.1. The van der Waals surface area contributed by atoms with Gasteiger partial charge in [0.25, 0.3) is 11.6 Å². The summed E-state index contributed by atoms with van der Waals surface area (Å²) >= 11 is 0. The van der Waals surface area contributed by atoms with Crippen LogP contribution >= 0.6 is 0 Å². The van der Waals surface area contributed by atoms with Crippen molar-refractivity contribution in [2.45, 2.75) is 58.4 Å². The molecule has 8 heteroatoms. The molecule has 1 amide bonds. The maximum absolute atomic E-state index is 14.1. The smallest absolute Gasteiger partial charge is 0.439 e. The molecule has 154 valence electrons. The van der Waals surface area contributed by atoms with Gasteiger partial charge in [-0.15, -0.1) is 0 Å². The summed E-state index contributed by atoms with van der Waals surface area (Å²) in [4.78, 5) is 12.8. The first-order valence-electron chi connectivity index (χ1n) is 9.42. The second kappa shape index (κ2) is 6.76. The number of nitrogens with zero attached hydrogens (tertiary/aromatic N) is 2. The Kier molecular flexibility index (Phi) is 4.98. The van der Waals surface area contributed by atoms with Crippen molar-refractivity contribution in [3.8, 4) is 5.75 Å².